The Labute approximate surface area is 250 Å². The number of carbonyl (C=O) groups is 1. The summed E-state index contributed by atoms with van der Waals surface area (Å²) in [4.78, 5) is 12.6. The quantitative estimate of drug-likeness (QED) is 0.0737. The molecule has 1 atom stereocenters. The van der Waals surface area contributed by atoms with Crippen molar-refractivity contribution in [3.05, 3.63) is 78.4 Å². The van der Waals surface area contributed by atoms with Crippen LogP contribution in [0.4, 0.5) is 26.3 Å². The van der Waals surface area contributed by atoms with Gasteiger partial charge >= 0.3 is 18.3 Å². The maximum Gasteiger partial charge on any atom is 0.439 e. The first-order chi connectivity index (χ1) is 20.9. The first-order valence-corrected chi connectivity index (χ1v) is 14.0. The number of esters is 1. The van der Waals surface area contributed by atoms with Gasteiger partial charge in [0.2, 0.25) is 0 Å². The van der Waals surface area contributed by atoms with Crippen molar-refractivity contribution in [1.82, 2.24) is 0 Å². The van der Waals surface area contributed by atoms with Gasteiger partial charge in [-0.3, -0.25) is 0 Å². The van der Waals surface area contributed by atoms with Gasteiger partial charge in [0.05, 0.1) is 32.0 Å². The minimum absolute atomic E-state index is 0.178. The van der Waals surface area contributed by atoms with Gasteiger partial charge in [-0.2, -0.15) is 22.0 Å². The van der Waals surface area contributed by atoms with Crippen LogP contribution in [0.5, 0.6) is 17.2 Å². The van der Waals surface area contributed by atoms with Crippen LogP contribution in [0.2, 0.25) is 0 Å². The third-order valence-corrected chi connectivity index (χ3v) is 7.11. The van der Waals surface area contributed by atoms with Crippen molar-refractivity contribution in [3.8, 4) is 28.4 Å². The number of hydrogen-bond donors (Lipinski definition) is 0. The van der Waals surface area contributed by atoms with Gasteiger partial charge in [0, 0.05) is 12.0 Å². The minimum Gasteiger partial charge on any atom is -0.494 e. The molecule has 238 valence electrons. The molecular formula is C32H32F6O6. The number of carbonyl (C=O) groups excluding carboxylic acids is 1. The van der Waals surface area contributed by atoms with Gasteiger partial charge in [-0.1, -0.05) is 31.2 Å². The summed E-state index contributed by atoms with van der Waals surface area (Å²) < 4.78 is 103. The summed E-state index contributed by atoms with van der Waals surface area (Å²) in [5.74, 6) is -0.362. The van der Waals surface area contributed by atoms with Crippen LogP contribution in [0.3, 0.4) is 0 Å². The minimum atomic E-state index is -5.77. The number of ether oxygens (including phenoxy) is 5. The van der Waals surface area contributed by atoms with E-state index >= 15 is 0 Å². The standard InChI is InChI=1S/C32H32F6O6/c1-2-30(20-41-21-30)19-40-17-3-4-18-42-25-11-9-24(10-12-25)28(39)43-26-13-5-22(6-14-26)23-7-15-27(16-8-23)44-32(37,38)29(33)31(34,35)36/h5-16,29H,2-4,17-21H2,1H3. The Morgan fingerprint density at radius 3 is 1.89 bits per heavy atom. The molecule has 12 heteroatoms. The van der Waals surface area contributed by atoms with Gasteiger partial charge in [-0.15, -0.1) is 0 Å². The highest BCUT2D eigenvalue weighted by molar-refractivity contribution is 5.91. The molecule has 0 radical (unpaired) electrons. The van der Waals surface area contributed by atoms with Crippen LogP contribution in [0.25, 0.3) is 11.1 Å². The molecule has 1 aliphatic rings. The lowest BCUT2D eigenvalue weighted by Crippen LogP contribution is -2.45. The Hall–Kier alpha value is -3.77. The number of hydrogen-bond acceptors (Lipinski definition) is 6. The summed E-state index contributed by atoms with van der Waals surface area (Å²) in [6, 6.07) is 17.4. The third-order valence-electron chi connectivity index (χ3n) is 7.11. The molecule has 1 unspecified atom stereocenters. The van der Waals surface area contributed by atoms with Gasteiger partial charge in [0.25, 0.3) is 6.17 Å². The monoisotopic (exact) mass is 626 g/mol. The summed E-state index contributed by atoms with van der Waals surface area (Å²) >= 11 is 0. The Balaban J connectivity index is 1.20. The van der Waals surface area contributed by atoms with E-state index in [1.165, 1.54) is 24.3 Å². The molecule has 0 aromatic heterocycles. The predicted molar refractivity (Wildman–Crippen MR) is 149 cm³/mol. The second kappa shape index (κ2) is 14.3. The summed E-state index contributed by atoms with van der Waals surface area (Å²) in [6.45, 7) is 5.56. The van der Waals surface area contributed by atoms with E-state index in [0.717, 1.165) is 44.6 Å². The molecule has 1 heterocycles. The molecule has 0 N–H and O–H groups in total. The number of alkyl halides is 6. The molecule has 3 aromatic carbocycles. The van der Waals surface area contributed by atoms with Gasteiger partial charge in [0.1, 0.15) is 17.2 Å². The van der Waals surface area contributed by atoms with Crippen LogP contribution in [-0.4, -0.2) is 57.5 Å². The van der Waals surface area contributed by atoms with E-state index in [-0.39, 0.29) is 11.2 Å². The number of unbranched alkanes of at least 4 members (excludes halogenated alkanes) is 1. The lowest BCUT2D eigenvalue weighted by atomic mass is 9.84. The van der Waals surface area contributed by atoms with Crippen LogP contribution in [0.15, 0.2) is 72.8 Å². The zero-order chi connectivity index (χ0) is 31.8. The fourth-order valence-corrected chi connectivity index (χ4v) is 4.25. The lowest BCUT2D eigenvalue weighted by molar-refractivity contribution is -0.304. The molecule has 0 aliphatic carbocycles. The zero-order valence-corrected chi connectivity index (χ0v) is 23.9. The van der Waals surface area contributed by atoms with E-state index in [1.807, 2.05) is 0 Å². The van der Waals surface area contributed by atoms with Crippen molar-refractivity contribution < 1.29 is 54.8 Å². The molecule has 0 spiro atoms. The maximum absolute atomic E-state index is 13.5. The summed E-state index contributed by atoms with van der Waals surface area (Å²) in [5, 5.41) is 0. The fraction of sp³-hybridized carbons (Fsp3) is 0.406. The summed E-state index contributed by atoms with van der Waals surface area (Å²) in [5.41, 5.74) is 1.58. The molecular weight excluding hydrogens is 594 g/mol. The maximum atomic E-state index is 13.5. The molecule has 6 nitrogen and oxygen atoms in total. The Kier molecular flexibility index (Phi) is 10.8. The zero-order valence-electron chi connectivity index (χ0n) is 23.9. The fourth-order valence-electron chi connectivity index (χ4n) is 4.25. The normalized spacial score (nSPS) is 15.2. The topological polar surface area (TPSA) is 63.2 Å². The molecule has 44 heavy (non-hydrogen) atoms. The predicted octanol–water partition coefficient (Wildman–Crippen LogP) is 8.05. The lowest BCUT2D eigenvalue weighted by Gasteiger charge is -2.40. The van der Waals surface area contributed by atoms with Gasteiger partial charge < -0.3 is 23.7 Å². The van der Waals surface area contributed by atoms with Crippen molar-refractivity contribution in [2.24, 2.45) is 5.41 Å². The van der Waals surface area contributed by atoms with Crippen LogP contribution < -0.4 is 14.2 Å². The average Bonchev–Trinajstić information content (AvgIpc) is 2.98. The van der Waals surface area contributed by atoms with E-state index in [0.29, 0.717) is 42.3 Å². The molecule has 4 rings (SSSR count). The van der Waals surface area contributed by atoms with Gasteiger partial charge in [-0.25, -0.2) is 9.18 Å². The first-order valence-electron chi connectivity index (χ1n) is 14.0. The van der Waals surface area contributed by atoms with E-state index < -0.39 is 30.2 Å². The average molecular weight is 627 g/mol. The van der Waals surface area contributed by atoms with Crippen LogP contribution in [0.1, 0.15) is 36.5 Å². The smallest absolute Gasteiger partial charge is 0.439 e. The highest BCUT2D eigenvalue weighted by Gasteiger charge is 2.59. The molecule has 3 aromatic rings. The number of rotatable bonds is 15. The highest BCUT2D eigenvalue weighted by Crippen LogP contribution is 2.37. The van der Waals surface area contributed by atoms with Crippen molar-refractivity contribution in [1.29, 1.82) is 0 Å². The molecule has 0 bridgehead atoms. The van der Waals surface area contributed by atoms with Gasteiger partial charge in [-0.05, 0) is 78.9 Å². The molecule has 0 saturated carbocycles. The van der Waals surface area contributed by atoms with E-state index in [9.17, 15) is 31.1 Å². The van der Waals surface area contributed by atoms with E-state index in [1.54, 1.807) is 36.4 Å². The largest absolute Gasteiger partial charge is 0.494 e. The second-order valence-corrected chi connectivity index (χ2v) is 10.5. The highest BCUT2D eigenvalue weighted by atomic mass is 19.4. The SMILES string of the molecule is CCC1(COCCCCOc2ccc(C(=O)Oc3ccc(-c4ccc(OC(F)(F)C(F)C(F)(F)F)cc4)cc3)cc2)COC1. The first kappa shape index (κ1) is 33.1. The Morgan fingerprint density at radius 1 is 0.818 bits per heavy atom. The molecule has 1 saturated heterocycles. The van der Waals surface area contributed by atoms with E-state index in [2.05, 4.69) is 11.7 Å². The summed E-state index contributed by atoms with van der Waals surface area (Å²) in [6.07, 6.45) is -12.6. The molecule has 1 aliphatic heterocycles. The van der Waals surface area contributed by atoms with Crippen molar-refractivity contribution in [2.75, 3.05) is 33.0 Å². The Morgan fingerprint density at radius 2 is 1.36 bits per heavy atom. The molecule has 1 fully saturated rings. The third kappa shape index (κ3) is 8.88. The number of halogens is 6. The summed E-state index contributed by atoms with van der Waals surface area (Å²) in [7, 11) is 0. The van der Waals surface area contributed by atoms with Crippen LogP contribution in [0, 0.1) is 5.41 Å². The van der Waals surface area contributed by atoms with Crippen molar-refractivity contribution in [3.63, 3.8) is 0 Å². The Bertz CT molecular complexity index is 1330. The van der Waals surface area contributed by atoms with Crippen LogP contribution >= 0.6 is 0 Å². The van der Waals surface area contributed by atoms with Gasteiger partial charge in [0.15, 0.2) is 0 Å². The second-order valence-electron chi connectivity index (χ2n) is 10.5. The number of benzene rings is 3. The molecule has 0 amide bonds. The van der Waals surface area contributed by atoms with Crippen LogP contribution in [-0.2, 0) is 9.47 Å². The van der Waals surface area contributed by atoms with E-state index in [4.69, 9.17) is 18.9 Å². The van der Waals surface area contributed by atoms with Crippen molar-refractivity contribution >= 4 is 5.97 Å². The van der Waals surface area contributed by atoms with Crippen molar-refractivity contribution in [2.45, 2.75) is 44.6 Å².